The summed E-state index contributed by atoms with van der Waals surface area (Å²) in [6.45, 7) is 14.3. The van der Waals surface area contributed by atoms with Gasteiger partial charge in [-0.25, -0.2) is 0 Å². The minimum Gasteiger partial charge on any atom is -0.256 e. The summed E-state index contributed by atoms with van der Waals surface area (Å²) >= 11 is 0. The van der Waals surface area contributed by atoms with Crippen LogP contribution in [-0.2, 0) is 21.7 Å². The van der Waals surface area contributed by atoms with Crippen molar-refractivity contribution in [3.63, 3.8) is 0 Å². The Morgan fingerprint density at radius 3 is 0.548 bits per heavy atom. The zero-order valence-electron chi connectivity index (χ0n) is 45.5. The molecular formula is C82H26N2. The number of hydrogen-bond donors (Lipinski definition) is 0. The molecule has 0 saturated carbocycles. The predicted octanol–water partition coefficient (Wildman–Crippen LogP) is 21.9. The van der Waals surface area contributed by atoms with Crippen molar-refractivity contribution in [3.8, 4) is 0 Å². The summed E-state index contributed by atoms with van der Waals surface area (Å²) in [6, 6.07) is 14.4. The number of hydrogen-bond acceptors (Lipinski definition) is 2. The Kier molecular flexibility index (Phi) is 3.37. The van der Waals surface area contributed by atoms with Crippen LogP contribution in [0.15, 0.2) is 48.6 Å². The second kappa shape index (κ2) is 8.17. The molecule has 3 aliphatic rings. The highest BCUT2D eigenvalue weighted by Gasteiger charge is 2.61. The van der Waals surface area contributed by atoms with Crippen molar-refractivity contribution < 1.29 is 0 Å². The highest BCUT2D eigenvalue weighted by Crippen LogP contribution is 2.82. The van der Waals surface area contributed by atoms with Gasteiger partial charge in [0.2, 0.25) is 0 Å². The SMILES string of the molecule is CC(C)(C)c1cccc(C23C=CC4(c5cccc(C(C)(C)C)n5)c5c2c2c6c7c3c3c8c4c4c9c5c5c2c2c%10c6c6c%11c7c7c3c3c8c8c4c4c%12c9c9c5c2c2c5c%10c6c6c%10c%11c7c7c3c3c8c4c4c8c%12c9c2c2c5c6c5c%10c7c3c4c5c82)n1. The fourth-order valence-electron chi connectivity index (χ4n) is 26.7. The first-order valence-corrected chi connectivity index (χ1v) is 31.3. The van der Waals surface area contributed by atoms with E-state index in [0.717, 1.165) is 0 Å². The van der Waals surface area contributed by atoms with Crippen LogP contribution in [0.2, 0.25) is 0 Å². The Morgan fingerprint density at radius 1 is 0.202 bits per heavy atom. The first-order valence-electron chi connectivity index (χ1n) is 31.3. The van der Waals surface area contributed by atoms with Crippen LogP contribution in [0.4, 0.5) is 0 Å². The molecule has 2 heteroatoms. The van der Waals surface area contributed by atoms with E-state index >= 15 is 0 Å². The highest BCUT2D eigenvalue weighted by molar-refractivity contribution is 6.83. The summed E-state index contributed by atoms with van der Waals surface area (Å²) in [6.07, 6.45) is 5.65. The Bertz CT molecular complexity index is 8100. The van der Waals surface area contributed by atoms with Crippen LogP contribution in [-0.4, -0.2) is 9.97 Å². The van der Waals surface area contributed by atoms with E-state index in [4.69, 9.17) is 9.97 Å². The maximum atomic E-state index is 6.25. The number of nitrogens with zero attached hydrogens (tertiary/aromatic N) is 2. The largest absolute Gasteiger partial charge is 0.256 e. The molecule has 34 rings (SSSR count). The van der Waals surface area contributed by atoms with Gasteiger partial charge in [0.05, 0.1) is 22.2 Å². The van der Waals surface area contributed by atoms with Crippen molar-refractivity contribution in [2.75, 3.05) is 0 Å². The Balaban J connectivity index is 1.09. The average molecular weight is 1040 g/mol. The molecule has 29 aromatic carbocycles. The number of allylic oxidation sites excluding steroid dienone is 2. The zero-order chi connectivity index (χ0) is 52.0. The van der Waals surface area contributed by atoms with Gasteiger partial charge in [0, 0.05) is 22.2 Å². The van der Waals surface area contributed by atoms with E-state index in [1.807, 2.05) is 0 Å². The van der Waals surface area contributed by atoms with Crippen molar-refractivity contribution >= 4 is 302 Å². The van der Waals surface area contributed by atoms with Crippen LogP contribution in [0.1, 0.15) is 86.6 Å². The second-order valence-electron chi connectivity index (χ2n) is 31.8. The molecule has 0 bridgehead atoms. The molecule has 0 fully saturated rings. The van der Waals surface area contributed by atoms with E-state index < -0.39 is 10.8 Å². The van der Waals surface area contributed by atoms with Gasteiger partial charge in [-0.1, -0.05) is 65.8 Å². The quantitative estimate of drug-likeness (QED) is 0.127. The number of fused-ring (bicyclic) bond motifs is 5. The summed E-state index contributed by atoms with van der Waals surface area (Å²) in [5, 5.41) is 89.7. The topological polar surface area (TPSA) is 25.8 Å². The maximum absolute atomic E-state index is 6.25. The molecule has 0 spiro atoms. The van der Waals surface area contributed by atoms with Gasteiger partial charge >= 0.3 is 0 Å². The lowest BCUT2D eigenvalue weighted by Crippen LogP contribution is -2.44. The predicted molar refractivity (Wildman–Crippen MR) is 356 cm³/mol. The van der Waals surface area contributed by atoms with E-state index in [1.54, 1.807) is 313 Å². The van der Waals surface area contributed by atoms with Crippen LogP contribution in [0.5, 0.6) is 0 Å². The van der Waals surface area contributed by atoms with Crippen molar-refractivity contribution in [1.82, 2.24) is 9.97 Å². The summed E-state index contributed by atoms with van der Waals surface area (Å²) < 4.78 is 0. The van der Waals surface area contributed by atoms with Crippen LogP contribution >= 0.6 is 0 Å². The maximum Gasteiger partial charge on any atom is 0.0827 e. The molecule has 84 heavy (non-hydrogen) atoms. The van der Waals surface area contributed by atoms with E-state index in [9.17, 15) is 0 Å². The number of rotatable bonds is 2. The lowest BCUT2D eigenvalue weighted by molar-refractivity contribution is 0.553. The van der Waals surface area contributed by atoms with Crippen LogP contribution < -0.4 is 0 Å². The smallest absolute Gasteiger partial charge is 0.0827 e. The van der Waals surface area contributed by atoms with E-state index in [-0.39, 0.29) is 10.8 Å². The van der Waals surface area contributed by atoms with Gasteiger partial charge < -0.3 is 0 Å². The Morgan fingerprint density at radius 2 is 0.357 bits per heavy atom. The molecule has 0 saturated heterocycles. The van der Waals surface area contributed by atoms with Gasteiger partial charge in [0.25, 0.3) is 0 Å². The molecular weight excluding hydrogens is 1010 g/mol. The van der Waals surface area contributed by atoms with Gasteiger partial charge in [-0.2, -0.15) is 0 Å². The van der Waals surface area contributed by atoms with Crippen LogP contribution in [0, 0.1) is 0 Å². The van der Waals surface area contributed by atoms with E-state index in [1.165, 1.54) is 33.9 Å². The van der Waals surface area contributed by atoms with E-state index in [0.29, 0.717) is 0 Å². The molecule has 31 aromatic rings. The molecule has 0 N–H and O–H groups in total. The molecule has 0 aliphatic heterocycles. The van der Waals surface area contributed by atoms with Crippen molar-refractivity contribution in [2.45, 2.75) is 63.2 Å². The fraction of sp³-hybridized carbons (Fsp3) is 0.122. The third-order valence-corrected chi connectivity index (χ3v) is 28.0. The Labute approximate surface area is 465 Å². The van der Waals surface area contributed by atoms with Gasteiger partial charge in [-0.05, 0) is 348 Å². The van der Waals surface area contributed by atoms with E-state index in [2.05, 4.69) is 90.1 Å². The second-order valence-corrected chi connectivity index (χ2v) is 31.8. The summed E-state index contributed by atoms with van der Waals surface area (Å²) in [4.78, 5) is 12.5. The third-order valence-electron chi connectivity index (χ3n) is 28.0. The highest BCUT2D eigenvalue weighted by atomic mass is 14.8. The lowest BCUT2D eigenvalue weighted by Gasteiger charge is -2.51. The monoisotopic (exact) mass is 1040 g/mol. The van der Waals surface area contributed by atoms with Gasteiger partial charge in [0.1, 0.15) is 0 Å². The van der Waals surface area contributed by atoms with Crippen molar-refractivity contribution in [2.24, 2.45) is 0 Å². The molecule has 2 unspecified atom stereocenters. The Hall–Kier alpha value is -9.76. The van der Waals surface area contributed by atoms with Gasteiger partial charge in [-0.15, -0.1) is 0 Å². The van der Waals surface area contributed by atoms with Crippen molar-refractivity contribution in [3.05, 3.63) is 93.6 Å². The summed E-state index contributed by atoms with van der Waals surface area (Å²) in [5.74, 6) is 0. The minimum atomic E-state index is -0.728. The standard InChI is InChI=1S/C82H26N2/c1-79(2,3)15-9-7-11-17(83-15)81-13-14-82(18-12-8-10-16(84-18)80(4,5)6)76-70-62-53-43-34-26-20-19-21-23-24-22(20)30(34)37-39-32(24)35-31(23)38-36-29(21)33-25(19)27-28(26)41-44-40(27)45-42(33)52-48(36)56-50(38)54-47(35)55-51(39)57(49(37)53)68(70)72-66(55)65(54)71(77(81)78(72)82)67(56)69-61(52)58(45)63-60(44)64(59(62)46(41)43)74(76)73(63)75(69)81/h7-14H,1-6H3. The molecule has 2 nitrogen and oxygen atoms in total. The minimum absolute atomic E-state index is 0.161. The lowest BCUT2D eigenvalue weighted by atomic mass is 9.50. The molecule has 3 aliphatic carbocycles. The number of pyridine rings is 2. The van der Waals surface area contributed by atoms with Gasteiger partial charge in [0.15, 0.2) is 0 Å². The zero-order valence-corrected chi connectivity index (χ0v) is 45.5. The normalized spacial score (nSPS) is 20.8. The molecule has 364 valence electrons. The average Bonchev–Trinajstić information content (AvgIpc) is 1.38. The molecule has 2 heterocycles. The molecule has 2 atom stereocenters. The van der Waals surface area contributed by atoms with Crippen molar-refractivity contribution in [1.29, 1.82) is 0 Å². The number of benzene rings is 19. The molecule has 0 amide bonds. The van der Waals surface area contributed by atoms with Crippen LogP contribution in [0.25, 0.3) is 302 Å². The van der Waals surface area contributed by atoms with Crippen LogP contribution in [0.3, 0.4) is 0 Å². The summed E-state index contributed by atoms with van der Waals surface area (Å²) in [7, 11) is 0. The number of aromatic nitrogens is 2. The molecule has 0 radical (unpaired) electrons. The first kappa shape index (κ1) is 34.6. The third kappa shape index (κ3) is 2.11. The van der Waals surface area contributed by atoms with Gasteiger partial charge in [-0.3, -0.25) is 9.97 Å². The summed E-state index contributed by atoms with van der Waals surface area (Å²) in [5.41, 5.74) is 9.10. The molecule has 2 aromatic heterocycles. The first-order chi connectivity index (χ1) is 41.1. The fourth-order valence-corrected chi connectivity index (χ4v) is 26.7.